The van der Waals surface area contributed by atoms with Gasteiger partial charge in [0.1, 0.15) is 0 Å². The summed E-state index contributed by atoms with van der Waals surface area (Å²) in [5, 5.41) is 0. The molecule has 0 saturated carbocycles. The summed E-state index contributed by atoms with van der Waals surface area (Å²) in [5.41, 5.74) is 4.43. The molecule has 0 aromatic heterocycles. The molecule has 0 aliphatic heterocycles. The highest BCUT2D eigenvalue weighted by molar-refractivity contribution is 7.64. The van der Waals surface area contributed by atoms with Gasteiger partial charge in [-0.05, 0) is 4.72 Å². The maximum atomic E-state index is 9.49. The van der Waals surface area contributed by atoms with Crippen LogP contribution in [-0.2, 0) is 16.1 Å². The van der Waals surface area contributed by atoms with Gasteiger partial charge in [0.15, 0.2) is 0 Å². The van der Waals surface area contributed by atoms with E-state index in [9.17, 15) is 9.00 Å². The second-order valence-electron chi connectivity index (χ2n) is 0.550. The van der Waals surface area contributed by atoms with Gasteiger partial charge in [0.25, 0.3) is 0 Å². The average molecular weight is 107 g/mol. The fourth-order valence-electron chi connectivity index (χ4n) is 0.0411. The highest BCUT2D eigenvalue weighted by atomic mass is 32.2. The average Bonchev–Trinajstić information content (AvgIpc) is 1.35. The molecule has 0 aromatic carbocycles. The Kier molecular flexibility index (Phi) is 2.22. The number of hydrogen-bond acceptors (Lipinski definition) is 2. The molecule has 0 rings (SSSR count). The topological polar surface area (TPSA) is 72.2 Å². The maximum absolute atomic E-state index is 9.49. The third-order valence-electron chi connectivity index (χ3n) is 0.142. The molecule has 4 nitrogen and oxygen atoms in total. The predicted octanol–water partition coefficient (Wildman–Crippen LogP) is -1.00. The number of carbonyl (C=O) groups is 1. The fraction of sp³-hybridized carbons (Fsp3) is 0. The van der Waals surface area contributed by atoms with Crippen molar-refractivity contribution < 1.29 is 9.00 Å². The van der Waals surface area contributed by atoms with E-state index in [0.29, 0.717) is 0 Å². The lowest BCUT2D eigenvalue weighted by atomic mass is 11.2. The highest BCUT2D eigenvalue weighted by Gasteiger charge is 1.96. The van der Waals surface area contributed by atoms with Crippen molar-refractivity contribution in [3.05, 3.63) is 0 Å². The molecule has 6 heavy (non-hydrogen) atoms. The van der Waals surface area contributed by atoms with Crippen LogP contribution < -0.4 is 10.5 Å². The van der Waals surface area contributed by atoms with Crippen LogP contribution in [0, 0.1) is 0 Å². The molecule has 0 saturated heterocycles. The molecule has 0 bridgehead atoms. The molecular formula is CH3N2O2S+. The van der Waals surface area contributed by atoms with Crippen LogP contribution in [-0.4, -0.2) is 6.03 Å². The molecule has 0 atom stereocenters. The van der Waals surface area contributed by atoms with E-state index >= 15 is 0 Å². The normalized spacial score (nSPS) is 6.67. The Morgan fingerprint density at radius 1 is 1.83 bits per heavy atom. The molecule has 0 spiro atoms. The van der Waals surface area contributed by atoms with Gasteiger partial charge in [0, 0.05) is 0 Å². The monoisotopic (exact) mass is 107 g/mol. The standard InChI is InChI=1S/CH2N2O2S/c2-1(4)3-6-5/h(H2-,2,3,4,5)/p+1. The number of nitrogens with two attached hydrogens (primary N) is 1. The van der Waals surface area contributed by atoms with Crippen molar-refractivity contribution in [2.45, 2.75) is 0 Å². The van der Waals surface area contributed by atoms with Crippen LogP contribution in [0.15, 0.2) is 0 Å². The van der Waals surface area contributed by atoms with Gasteiger partial charge >= 0.3 is 17.9 Å². The van der Waals surface area contributed by atoms with Crippen molar-refractivity contribution in [2.24, 2.45) is 5.73 Å². The van der Waals surface area contributed by atoms with Crippen LogP contribution in [0.5, 0.6) is 0 Å². The maximum Gasteiger partial charge on any atom is 0.628 e. The summed E-state index contributed by atoms with van der Waals surface area (Å²) in [7, 11) is 0. The summed E-state index contributed by atoms with van der Waals surface area (Å²) in [6, 6.07) is -0.810. The highest BCUT2D eigenvalue weighted by Crippen LogP contribution is 1.44. The Bertz CT molecular complexity index is 71.9. The van der Waals surface area contributed by atoms with Crippen LogP contribution >= 0.6 is 0 Å². The number of amides is 2. The first-order valence-corrected chi connectivity index (χ1v) is 1.86. The van der Waals surface area contributed by atoms with Gasteiger partial charge in [-0.15, -0.1) is 0 Å². The molecule has 0 aromatic rings. The molecule has 3 N–H and O–H groups in total. The molecule has 2 amide bonds. The Morgan fingerprint density at radius 3 is 2.33 bits per heavy atom. The molecule has 5 heteroatoms. The van der Waals surface area contributed by atoms with E-state index in [4.69, 9.17) is 0 Å². The molecular weight excluding hydrogens is 104 g/mol. The predicted molar refractivity (Wildman–Crippen MR) is 20.8 cm³/mol. The number of hydrogen-bond donors (Lipinski definition) is 2. The summed E-state index contributed by atoms with van der Waals surface area (Å²) in [4.78, 5) is 9.49. The Labute approximate surface area is 38.3 Å². The van der Waals surface area contributed by atoms with Crippen molar-refractivity contribution in [3.63, 3.8) is 0 Å². The van der Waals surface area contributed by atoms with Crippen LogP contribution in [0.2, 0.25) is 0 Å². The zero-order chi connectivity index (χ0) is 4.99. The molecule has 0 aliphatic carbocycles. The minimum Gasteiger partial charge on any atom is -0.348 e. The van der Waals surface area contributed by atoms with E-state index in [1.807, 2.05) is 0 Å². The quantitative estimate of drug-likeness (QED) is 0.333. The van der Waals surface area contributed by atoms with Gasteiger partial charge in [-0.1, -0.05) is 0 Å². The second-order valence-corrected chi connectivity index (χ2v) is 0.920. The minimum absolute atomic E-state index is 0.0648. The summed E-state index contributed by atoms with van der Waals surface area (Å²) in [6.45, 7) is 0. The zero-order valence-electron chi connectivity index (χ0n) is 2.80. The van der Waals surface area contributed by atoms with Crippen LogP contribution in [0.25, 0.3) is 0 Å². The Balaban J connectivity index is 3.05. The fourth-order valence-corrected chi connectivity index (χ4v) is 0.123. The van der Waals surface area contributed by atoms with Gasteiger partial charge in [0.05, 0.1) is 4.21 Å². The van der Waals surface area contributed by atoms with Crippen LogP contribution in [0.1, 0.15) is 0 Å². The van der Waals surface area contributed by atoms with E-state index in [1.165, 1.54) is 0 Å². The smallest absolute Gasteiger partial charge is 0.348 e. The van der Waals surface area contributed by atoms with E-state index in [0.717, 1.165) is 0 Å². The van der Waals surface area contributed by atoms with Gasteiger partial charge in [0.2, 0.25) is 0 Å². The van der Waals surface area contributed by atoms with Gasteiger partial charge in [-0.2, -0.15) is 0 Å². The number of rotatable bonds is 1. The number of primary amides is 1. The summed E-state index contributed by atoms with van der Waals surface area (Å²) in [5.74, 6) is 0. The largest absolute Gasteiger partial charge is 0.628 e. The lowest BCUT2D eigenvalue weighted by molar-refractivity contribution is 0.254. The van der Waals surface area contributed by atoms with Crippen molar-refractivity contribution >= 4 is 17.9 Å². The van der Waals surface area contributed by atoms with Gasteiger partial charge < -0.3 is 5.73 Å². The number of nitrogens with one attached hydrogen (secondary N) is 1. The van der Waals surface area contributed by atoms with Crippen LogP contribution in [0.3, 0.4) is 0 Å². The second kappa shape index (κ2) is 2.52. The first-order chi connectivity index (χ1) is 2.77. The third kappa shape index (κ3) is 3.29. The molecule has 0 unspecified atom stereocenters. The summed E-state index contributed by atoms with van der Waals surface area (Å²) < 4.78 is 11.0. The number of urea groups is 1. The molecule has 0 fully saturated rings. The van der Waals surface area contributed by atoms with Crippen molar-refractivity contribution in [2.75, 3.05) is 0 Å². The van der Waals surface area contributed by atoms with Gasteiger partial charge in [-0.25, -0.2) is 4.79 Å². The molecule has 0 aliphatic rings. The van der Waals surface area contributed by atoms with Crippen molar-refractivity contribution in [3.8, 4) is 0 Å². The van der Waals surface area contributed by atoms with E-state index in [2.05, 4.69) is 5.73 Å². The SMILES string of the molecule is NC(=O)N[S+]=O. The van der Waals surface area contributed by atoms with Crippen molar-refractivity contribution in [1.29, 1.82) is 0 Å². The lowest BCUT2D eigenvalue weighted by Crippen LogP contribution is -2.24. The molecule has 0 radical (unpaired) electrons. The third-order valence-corrected chi connectivity index (χ3v) is 0.427. The minimum atomic E-state index is -0.810. The van der Waals surface area contributed by atoms with Crippen LogP contribution in [0.4, 0.5) is 4.79 Å². The summed E-state index contributed by atoms with van der Waals surface area (Å²) >= 11 is -0.0648. The lowest BCUT2D eigenvalue weighted by Gasteiger charge is -1.65. The summed E-state index contributed by atoms with van der Waals surface area (Å²) in [6.07, 6.45) is 0. The Hall–Kier alpha value is -0.710. The molecule has 0 heterocycles. The van der Waals surface area contributed by atoms with Gasteiger partial charge in [-0.3, -0.25) is 0 Å². The van der Waals surface area contributed by atoms with E-state index in [1.54, 1.807) is 4.72 Å². The first-order valence-electron chi connectivity index (χ1n) is 1.11. The first kappa shape index (κ1) is 5.29. The Morgan fingerprint density at radius 2 is 2.33 bits per heavy atom. The molecule has 34 valence electrons. The number of carbonyl (C=O) groups excluding carboxylic acids is 1. The van der Waals surface area contributed by atoms with Crippen molar-refractivity contribution in [1.82, 2.24) is 4.72 Å². The van der Waals surface area contributed by atoms with E-state index < -0.39 is 6.03 Å². The van der Waals surface area contributed by atoms with E-state index in [-0.39, 0.29) is 11.9 Å². The zero-order valence-corrected chi connectivity index (χ0v) is 3.62.